The zero-order valence-electron chi connectivity index (χ0n) is 11.2. The van der Waals surface area contributed by atoms with Crippen LogP contribution in [0.25, 0.3) is 0 Å². The molecule has 4 heteroatoms. The number of aryl methyl sites for hydroxylation is 1. The van der Waals surface area contributed by atoms with Gasteiger partial charge in [0.2, 0.25) is 5.91 Å². The minimum absolute atomic E-state index is 0.121. The highest BCUT2D eigenvalue weighted by molar-refractivity contribution is 5.94. The Bertz CT molecular complexity index is 616. The Kier molecular flexibility index (Phi) is 4.15. The lowest BCUT2D eigenvalue weighted by atomic mass is 10.1. The molecule has 0 saturated heterocycles. The summed E-state index contributed by atoms with van der Waals surface area (Å²) in [6.45, 7) is 2.38. The van der Waals surface area contributed by atoms with Crippen molar-refractivity contribution in [2.75, 3.05) is 0 Å². The zero-order chi connectivity index (χ0) is 14.5. The van der Waals surface area contributed by atoms with Crippen LogP contribution < -0.4 is 11.1 Å². The SMILES string of the molecule is Cc1ccc(C(=O)NCc2ccc(C(N)=O)cc2)cc1. The Morgan fingerprint density at radius 2 is 1.50 bits per heavy atom. The Labute approximate surface area is 117 Å². The first kappa shape index (κ1) is 13.8. The van der Waals surface area contributed by atoms with Crippen molar-refractivity contribution in [2.24, 2.45) is 5.73 Å². The van der Waals surface area contributed by atoms with E-state index in [-0.39, 0.29) is 5.91 Å². The van der Waals surface area contributed by atoms with Crippen molar-refractivity contribution in [1.82, 2.24) is 5.32 Å². The number of amides is 2. The summed E-state index contributed by atoms with van der Waals surface area (Å²) >= 11 is 0. The Hall–Kier alpha value is -2.62. The van der Waals surface area contributed by atoms with Crippen molar-refractivity contribution in [3.8, 4) is 0 Å². The molecule has 102 valence electrons. The zero-order valence-corrected chi connectivity index (χ0v) is 11.2. The molecule has 0 bridgehead atoms. The summed E-state index contributed by atoms with van der Waals surface area (Å²) in [6, 6.07) is 14.2. The number of carbonyl (C=O) groups is 2. The van der Waals surface area contributed by atoms with Crippen molar-refractivity contribution in [3.63, 3.8) is 0 Å². The highest BCUT2D eigenvalue weighted by atomic mass is 16.2. The van der Waals surface area contributed by atoms with Crippen LogP contribution in [0.5, 0.6) is 0 Å². The summed E-state index contributed by atoms with van der Waals surface area (Å²) < 4.78 is 0. The predicted octanol–water partition coefficient (Wildman–Crippen LogP) is 2.02. The van der Waals surface area contributed by atoms with E-state index >= 15 is 0 Å². The van der Waals surface area contributed by atoms with Gasteiger partial charge in [-0.25, -0.2) is 0 Å². The Morgan fingerprint density at radius 3 is 2.05 bits per heavy atom. The largest absolute Gasteiger partial charge is 0.366 e. The molecule has 2 aromatic carbocycles. The Balaban J connectivity index is 1.96. The summed E-state index contributed by atoms with van der Waals surface area (Å²) in [7, 11) is 0. The fourth-order valence-corrected chi connectivity index (χ4v) is 1.78. The van der Waals surface area contributed by atoms with Crippen molar-refractivity contribution in [2.45, 2.75) is 13.5 Å². The maximum atomic E-state index is 11.9. The van der Waals surface area contributed by atoms with E-state index in [4.69, 9.17) is 5.73 Å². The lowest BCUT2D eigenvalue weighted by Gasteiger charge is -2.06. The van der Waals surface area contributed by atoms with Gasteiger partial charge in [0, 0.05) is 17.7 Å². The van der Waals surface area contributed by atoms with Gasteiger partial charge in [-0.05, 0) is 36.8 Å². The number of primary amides is 1. The number of rotatable bonds is 4. The summed E-state index contributed by atoms with van der Waals surface area (Å²) in [5.41, 5.74) is 8.28. The van der Waals surface area contributed by atoms with E-state index in [1.54, 1.807) is 36.4 Å². The molecule has 0 spiro atoms. The highest BCUT2D eigenvalue weighted by Gasteiger charge is 2.05. The molecule has 0 fully saturated rings. The fraction of sp³-hybridized carbons (Fsp3) is 0.125. The van der Waals surface area contributed by atoms with Gasteiger partial charge in [0.1, 0.15) is 0 Å². The molecule has 0 aliphatic carbocycles. The summed E-state index contributed by atoms with van der Waals surface area (Å²) in [5, 5.41) is 2.83. The van der Waals surface area contributed by atoms with Crippen LogP contribution in [0.3, 0.4) is 0 Å². The molecular formula is C16H16N2O2. The van der Waals surface area contributed by atoms with Crippen LogP contribution in [0, 0.1) is 6.92 Å². The second kappa shape index (κ2) is 6.02. The van der Waals surface area contributed by atoms with E-state index in [0.717, 1.165) is 11.1 Å². The van der Waals surface area contributed by atoms with Gasteiger partial charge >= 0.3 is 0 Å². The Morgan fingerprint density at radius 1 is 0.950 bits per heavy atom. The molecule has 0 atom stereocenters. The molecule has 0 unspecified atom stereocenters. The quantitative estimate of drug-likeness (QED) is 0.890. The van der Waals surface area contributed by atoms with Crippen LogP contribution in [0.2, 0.25) is 0 Å². The lowest BCUT2D eigenvalue weighted by Crippen LogP contribution is -2.22. The number of nitrogens with two attached hydrogens (primary N) is 1. The first-order valence-corrected chi connectivity index (χ1v) is 6.30. The van der Waals surface area contributed by atoms with Gasteiger partial charge in [-0.2, -0.15) is 0 Å². The molecule has 3 N–H and O–H groups in total. The van der Waals surface area contributed by atoms with Gasteiger partial charge in [0.15, 0.2) is 0 Å². The summed E-state index contributed by atoms with van der Waals surface area (Å²) in [4.78, 5) is 22.9. The molecule has 2 aromatic rings. The molecule has 0 heterocycles. The average molecular weight is 268 g/mol. The molecule has 0 aliphatic heterocycles. The average Bonchev–Trinajstić information content (AvgIpc) is 2.46. The van der Waals surface area contributed by atoms with Crippen LogP contribution in [0.1, 0.15) is 31.8 Å². The first-order chi connectivity index (χ1) is 9.56. The molecule has 0 radical (unpaired) electrons. The van der Waals surface area contributed by atoms with Crippen LogP contribution in [-0.2, 0) is 6.54 Å². The molecule has 4 nitrogen and oxygen atoms in total. The minimum Gasteiger partial charge on any atom is -0.366 e. The maximum Gasteiger partial charge on any atom is 0.251 e. The van der Waals surface area contributed by atoms with Crippen molar-refractivity contribution < 1.29 is 9.59 Å². The number of hydrogen-bond acceptors (Lipinski definition) is 2. The van der Waals surface area contributed by atoms with Gasteiger partial charge < -0.3 is 11.1 Å². The molecule has 2 rings (SSSR count). The number of carbonyl (C=O) groups excluding carboxylic acids is 2. The second-order valence-corrected chi connectivity index (χ2v) is 4.61. The maximum absolute atomic E-state index is 11.9. The number of hydrogen-bond donors (Lipinski definition) is 2. The van der Waals surface area contributed by atoms with Crippen LogP contribution in [-0.4, -0.2) is 11.8 Å². The molecule has 2 amide bonds. The first-order valence-electron chi connectivity index (χ1n) is 6.30. The van der Waals surface area contributed by atoms with E-state index in [2.05, 4.69) is 5.32 Å². The third-order valence-electron chi connectivity index (χ3n) is 3.01. The highest BCUT2D eigenvalue weighted by Crippen LogP contribution is 2.06. The van der Waals surface area contributed by atoms with E-state index in [9.17, 15) is 9.59 Å². The van der Waals surface area contributed by atoms with Gasteiger partial charge in [-0.3, -0.25) is 9.59 Å². The van der Waals surface area contributed by atoms with Crippen molar-refractivity contribution in [1.29, 1.82) is 0 Å². The topological polar surface area (TPSA) is 72.2 Å². The molecule has 0 aromatic heterocycles. The molecular weight excluding hydrogens is 252 g/mol. The van der Waals surface area contributed by atoms with E-state index in [0.29, 0.717) is 17.7 Å². The summed E-state index contributed by atoms with van der Waals surface area (Å²) in [5.74, 6) is -0.579. The molecule has 0 saturated carbocycles. The van der Waals surface area contributed by atoms with E-state index < -0.39 is 5.91 Å². The standard InChI is InChI=1S/C16H16N2O2/c1-11-2-6-14(7-3-11)16(20)18-10-12-4-8-13(9-5-12)15(17)19/h2-9H,10H2,1H3,(H2,17,19)(H,18,20). The number of nitrogens with one attached hydrogen (secondary N) is 1. The van der Waals surface area contributed by atoms with Crippen LogP contribution >= 0.6 is 0 Å². The van der Waals surface area contributed by atoms with Crippen LogP contribution in [0.15, 0.2) is 48.5 Å². The van der Waals surface area contributed by atoms with Crippen molar-refractivity contribution >= 4 is 11.8 Å². The third kappa shape index (κ3) is 3.45. The van der Waals surface area contributed by atoms with Crippen molar-refractivity contribution in [3.05, 3.63) is 70.8 Å². The number of benzene rings is 2. The fourth-order valence-electron chi connectivity index (χ4n) is 1.78. The second-order valence-electron chi connectivity index (χ2n) is 4.61. The van der Waals surface area contributed by atoms with Gasteiger partial charge in [0.05, 0.1) is 0 Å². The van der Waals surface area contributed by atoms with Gasteiger partial charge in [-0.15, -0.1) is 0 Å². The van der Waals surface area contributed by atoms with Crippen LogP contribution in [0.4, 0.5) is 0 Å². The molecule has 20 heavy (non-hydrogen) atoms. The summed E-state index contributed by atoms with van der Waals surface area (Å²) in [6.07, 6.45) is 0. The predicted molar refractivity (Wildman–Crippen MR) is 77.3 cm³/mol. The normalized spacial score (nSPS) is 10.1. The van der Waals surface area contributed by atoms with Gasteiger partial charge in [0.25, 0.3) is 5.91 Å². The smallest absolute Gasteiger partial charge is 0.251 e. The monoisotopic (exact) mass is 268 g/mol. The van der Waals surface area contributed by atoms with Gasteiger partial charge in [-0.1, -0.05) is 29.8 Å². The minimum atomic E-state index is -0.458. The third-order valence-corrected chi connectivity index (χ3v) is 3.01. The van der Waals surface area contributed by atoms with E-state index in [1.165, 1.54) is 0 Å². The van der Waals surface area contributed by atoms with E-state index in [1.807, 2.05) is 19.1 Å². The lowest BCUT2D eigenvalue weighted by molar-refractivity contribution is 0.0949. The molecule has 0 aliphatic rings.